The molecule has 0 saturated heterocycles. The Labute approximate surface area is 165 Å². The van der Waals surface area contributed by atoms with E-state index in [-0.39, 0.29) is 5.91 Å². The zero-order valence-electron chi connectivity index (χ0n) is 13.7. The fourth-order valence-corrected chi connectivity index (χ4v) is 3.85. The molecule has 132 valence electrons. The van der Waals surface area contributed by atoms with Gasteiger partial charge in [-0.05, 0) is 23.3 Å². The van der Waals surface area contributed by atoms with Crippen molar-refractivity contribution in [2.75, 3.05) is 12.4 Å². The van der Waals surface area contributed by atoms with Gasteiger partial charge in [0, 0.05) is 11.3 Å². The number of anilines is 1. The van der Waals surface area contributed by atoms with Gasteiger partial charge < -0.3 is 10.2 Å². The van der Waals surface area contributed by atoms with Gasteiger partial charge in [-0.3, -0.25) is 4.79 Å². The van der Waals surface area contributed by atoms with Crippen molar-refractivity contribution in [2.24, 2.45) is 5.16 Å². The van der Waals surface area contributed by atoms with Crippen molar-refractivity contribution in [3.05, 3.63) is 74.4 Å². The Kier molecular flexibility index (Phi) is 5.93. The van der Waals surface area contributed by atoms with Crippen LogP contribution in [0.15, 0.2) is 59.8 Å². The maximum Gasteiger partial charge on any atom is 0.258 e. The predicted molar refractivity (Wildman–Crippen MR) is 109 cm³/mol. The molecule has 1 heterocycles. The van der Waals surface area contributed by atoms with Crippen LogP contribution in [0.2, 0.25) is 8.67 Å². The number of nitrogens with one attached hydrogen (secondary N) is 1. The van der Waals surface area contributed by atoms with Crippen molar-refractivity contribution < 1.29 is 9.63 Å². The maximum absolute atomic E-state index is 12.5. The average molecular weight is 405 g/mol. The molecule has 0 spiro atoms. The summed E-state index contributed by atoms with van der Waals surface area (Å²) in [5.74, 6) is -0.297. The van der Waals surface area contributed by atoms with Gasteiger partial charge in [0.2, 0.25) is 0 Å². The smallest absolute Gasteiger partial charge is 0.258 e. The number of hydrogen-bond donors (Lipinski definition) is 1. The largest absolute Gasteiger partial charge is 0.399 e. The van der Waals surface area contributed by atoms with E-state index >= 15 is 0 Å². The highest BCUT2D eigenvalue weighted by Crippen LogP contribution is 2.33. The molecule has 0 aliphatic heterocycles. The molecule has 0 bridgehead atoms. The Morgan fingerprint density at radius 1 is 1.15 bits per heavy atom. The van der Waals surface area contributed by atoms with Gasteiger partial charge in [0.1, 0.15) is 11.4 Å². The fourth-order valence-electron chi connectivity index (χ4n) is 2.39. The van der Waals surface area contributed by atoms with Crippen LogP contribution >= 0.6 is 34.5 Å². The molecule has 1 aromatic heterocycles. The molecule has 4 nitrogen and oxygen atoms in total. The van der Waals surface area contributed by atoms with Crippen LogP contribution < -0.4 is 5.32 Å². The molecule has 0 radical (unpaired) electrons. The summed E-state index contributed by atoms with van der Waals surface area (Å²) in [4.78, 5) is 17.2. The second-order valence-electron chi connectivity index (χ2n) is 5.28. The molecule has 0 aliphatic carbocycles. The number of carbonyl (C=O) groups is 1. The highest BCUT2D eigenvalue weighted by atomic mass is 35.5. The van der Waals surface area contributed by atoms with Crippen LogP contribution in [0.5, 0.6) is 0 Å². The molecule has 0 atom stereocenters. The first-order valence-corrected chi connectivity index (χ1v) is 9.18. The van der Waals surface area contributed by atoms with Gasteiger partial charge in [-0.25, -0.2) is 0 Å². The number of rotatable bonds is 5. The Hall–Kier alpha value is -2.34. The number of carbonyl (C=O) groups excluding carboxylic acids is 1. The molecule has 0 saturated carbocycles. The molecular weight excluding hydrogens is 391 g/mol. The van der Waals surface area contributed by atoms with E-state index in [0.717, 1.165) is 28.0 Å². The third kappa shape index (κ3) is 4.25. The van der Waals surface area contributed by atoms with Crippen LogP contribution in [0.25, 0.3) is 11.1 Å². The molecule has 3 aromatic rings. The lowest BCUT2D eigenvalue weighted by Crippen LogP contribution is -2.12. The SMILES string of the molecule is CO/N=C/c1ccc(-c2ccccc2NC(=O)c2cc(Cl)sc2Cl)cc1. The highest BCUT2D eigenvalue weighted by molar-refractivity contribution is 7.20. The fraction of sp³-hybridized carbons (Fsp3) is 0.0526. The quantitative estimate of drug-likeness (QED) is 0.421. The van der Waals surface area contributed by atoms with Crippen LogP contribution in [0.1, 0.15) is 15.9 Å². The van der Waals surface area contributed by atoms with E-state index < -0.39 is 0 Å². The summed E-state index contributed by atoms with van der Waals surface area (Å²) in [6, 6.07) is 16.9. The third-order valence-electron chi connectivity index (χ3n) is 3.61. The molecule has 0 unspecified atom stereocenters. The molecule has 7 heteroatoms. The lowest BCUT2D eigenvalue weighted by molar-refractivity contribution is 0.102. The standard InChI is InChI=1S/C19H14Cl2N2O2S/c1-25-22-11-12-6-8-13(9-7-12)14-4-2-3-5-16(14)23-19(24)15-10-17(20)26-18(15)21/h2-11H,1H3,(H,23,24)/b22-11+. The van der Waals surface area contributed by atoms with Crippen molar-refractivity contribution in [2.45, 2.75) is 0 Å². The average Bonchev–Trinajstić information content (AvgIpc) is 2.99. The molecule has 0 fully saturated rings. The highest BCUT2D eigenvalue weighted by Gasteiger charge is 2.16. The number of halogens is 2. The molecule has 0 aliphatic rings. The second kappa shape index (κ2) is 8.36. The van der Waals surface area contributed by atoms with Crippen LogP contribution in [-0.2, 0) is 4.84 Å². The third-order valence-corrected chi connectivity index (χ3v) is 5.09. The molecule has 3 rings (SSSR count). The normalized spacial score (nSPS) is 10.9. The van der Waals surface area contributed by atoms with Crippen LogP contribution in [0.4, 0.5) is 5.69 Å². The molecular formula is C19H14Cl2N2O2S. The Balaban J connectivity index is 1.87. The van der Waals surface area contributed by atoms with E-state index in [1.54, 1.807) is 12.3 Å². The lowest BCUT2D eigenvalue weighted by atomic mass is 10.0. The number of amides is 1. The van der Waals surface area contributed by atoms with Crippen molar-refractivity contribution in [3.8, 4) is 11.1 Å². The van der Waals surface area contributed by atoms with E-state index in [9.17, 15) is 4.79 Å². The Bertz CT molecular complexity index is 952. The summed E-state index contributed by atoms with van der Waals surface area (Å²) in [7, 11) is 1.50. The summed E-state index contributed by atoms with van der Waals surface area (Å²) in [6.45, 7) is 0. The molecule has 26 heavy (non-hydrogen) atoms. The molecule has 1 N–H and O–H groups in total. The van der Waals surface area contributed by atoms with Crippen molar-refractivity contribution >= 4 is 52.3 Å². The summed E-state index contributed by atoms with van der Waals surface area (Å²) >= 11 is 13.2. The van der Waals surface area contributed by atoms with Crippen molar-refractivity contribution in [1.82, 2.24) is 0 Å². The Morgan fingerprint density at radius 2 is 1.88 bits per heavy atom. The number of hydrogen-bond acceptors (Lipinski definition) is 4. The summed E-state index contributed by atoms with van der Waals surface area (Å²) in [5.41, 5.74) is 3.83. The maximum atomic E-state index is 12.5. The topological polar surface area (TPSA) is 50.7 Å². The first-order chi connectivity index (χ1) is 12.6. The van der Waals surface area contributed by atoms with Gasteiger partial charge in [0.15, 0.2) is 0 Å². The predicted octanol–water partition coefficient (Wildman–Crippen LogP) is 5.95. The molecule has 1 amide bonds. The van der Waals surface area contributed by atoms with Gasteiger partial charge in [-0.15, -0.1) is 11.3 Å². The summed E-state index contributed by atoms with van der Waals surface area (Å²) in [6.07, 6.45) is 1.62. The first-order valence-electron chi connectivity index (χ1n) is 7.60. The number of nitrogens with zero attached hydrogens (tertiary/aromatic N) is 1. The second-order valence-corrected chi connectivity index (χ2v) is 7.56. The monoisotopic (exact) mass is 404 g/mol. The summed E-state index contributed by atoms with van der Waals surface area (Å²) in [5, 5.41) is 6.65. The van der Waals surface area contributed by atoms with E-state index in [1.165, 1.54) is 7.11 Å². The van der Waals surface area contributed by atoms with Crippen LogP contribution in [-0.4, -0.2) is 19.2 Å². The number of thiophene rings is 1. The zero-order valence-corrected chi connectivity index (χ0v) is 16.0. The van der Waals surface area contributed by atoms with Gasteiger partial charge in [0.05, 0.1) is 16.1 Å². The van der Waals surface area contributed by atoms with E-state index in [4.69, 9.17) is 23.2 Å². The minimum absolute atomic E-state index is 0.297. The lowest BCUT2D eigenvalue weighted by Gasteiger charge is -2.11. The van der Waals surface area contributed by atoms with Gasteiger partial charge in [0.25, 0.3) is 5.91 Å². The first kappa shape index (κ1) is 18.5. The van der Waals surface area contributed by atoms with E-state index in [1.807, 2.05) is 48.5 Å². The van der Waals surface area contributed by atoms with Crippen LogP contribution in [0, 0.1) is 0 Å². The minimum atomic E-state index is -0.297. The van der Waals surface area contributed by atoms with Gasteiger partial charge >= 0.3 is 0 Å². The zero-order chi connectivity index (χ0) is 18.5. The van der Waals surface area contributed by atoms with Crippen LogP contribution in [0.3, 0.4) is 0 Å². The molecule has 2 aromatic carbocycles. The number of oxime groups is 1. The van der Waals surface area contributed by atoms with Gasteiger partial charge in [-0.1, -0.05) is 70.8 Å². The minimum Gasteiger partial charge on any atom is -0.399 e. The van der Waals surface area contributed by atoms with E-state index in [0.29, 0.717) is 19.9 Å². The van der Waals surface area contributed by atoms with Crippen molar-refractivity contribution in [1.29, 1.82) is 0 Å². The summed E-state index contributed by atoms with van der Waals surface area (Å²) < 4.78 is 0.841. The van der Waals surface area contributed by atoms with Gasteiger partial charge in [-0.2, -0.15) is 0 Å². The number of para-hydroxylation sites is 1. The Morgan fingerprint density at radius 3 is 2.54 bits per heavy atom. The van der Waals surface area contributed by atoms with Crippen molar-refractivity contribution in [3.63, 3.8) is 0 Å². The number of benzene rings is 2. The van der Waals surface area contributed by atoms with E-state index in [2.05, 4.69) is 15.3 Å².